The fraction of sp³-hybridized carbons (Fsp3) is 0.0588. The molecule has 0 spiro atoms. The van der Waals surface area contributed by atoms with Crippen LogP contribution in [0.5, 0.6) is 0 Å². The number of halogens is 1. The molecule has 0 saturated heterocycles. The van der Waals surface area contributed by atoms with E-state index in [0.29, 0.717) is 17.4 Å². The number of nitrogens with zero attached hydrogens (tertiary/aromatic N) is 1. The molecule has 0 atom stereocenters. The quantitative estimate of drug-likeness (QED) is 0.806. The second kappa shape index (κ2) is 5.66. The molecule has 0 radical (unpaired) electrons. The highest BCUT2D eigenvalue weighted by molar-refractivity contribution is 6.35. The Labute approximate surface area is 131 Å². The van der Waals surface area contributed by atoms with Crippen LogP contribution in [0.1, 0.15) is 15.9 Å². The van der Waals surface area contributed by atoms with Crippen molar-refractivity contribution in [3.63, 3.8) is 0 Å². The summed E-state index contributed by atoms with van der Waals surface area (Å²) < 4.78 is 1.55. The smallest absolute Gasteiger partial charge is 0.335 e. The predicted octanol–water partition coefficient (Wildman–Crippen LogP) is 3.40. The molecule has 5 heteroatoms. The normalized spacial score (nSPS) is 10.8. The van der Waals surface area contributed by atoms with Crippen molar-refractivity contribution in [1.29, 1.82) is 0 Å². The Hall–Kier alpha value is -2.59. The maximum Gasteiger partial charge on any atom is 0.335 e. The predicted molar refractivity (Wildman–Crippen MR) is 85.7 cm³/mol. The van der Waals surface area contributed by atoms with Crippen molar-refractivity contribution in [2.75, 3.05) is 0 Å². The number of pyridine rings is 1. The number of aromatic carboxylic acids is 1. The monoisotopic (exact) mass is 313 g/mol. The van der Waals surface area contributed by atoms with Crippen molar-refractivity contribution < 1.29 is 9.90 Å². The van der Waals surface area contributed by atoms with Gasteiger partial charge in [0.05, 0.1) is 22.6 Å². The summed E-state index contributed by atoms with van der Waals surface area (Å²) in [5.74, 6) is -1.05. The lowest BCUT2D eigenvalue weighted by Crippen LogP contribution is -2.20. The van der Waals surface area contributed by atoms with Gasteiger partial charge in [0.1, 0.15) is 0 Å². The van der Waals surface area contributed by atoms with Crippen LogP contribution in [0.4, 0.5) is 0 Å². The number of aromatic nitrogens is 1. The summed E-state index contributed by atoms with van der Waals surface area (Å²) in [5, 5.41) is 9.98. The first kappa shape index (κ1) is 14.4. The number of carbonyl (C=O) groups is 1. The summed E-state index contributed by atoms with van der Waals surface area (Å²) in [6.45, 7) is 0.378. The molecule has 2 aromatic carbocycles. The number of fused-ring (bicyclic) bond motifs is 1. The molecule has 3 aromatic rings. The zero-order valence-electron chi connectivity index (χ0n) is 11.5. The van der Waals surface area contributed by atoms with Crippen LogP contribution >= 0.6 is 11.6 Å². The van der Waals surface area contributed by atoms with Gasteiger partial charge in [-0.25, -0.2) is 4.79 Å². The molecule has 22 heavy (non-hydrogen) atoms. The van der Waals surface area contributed by atoms with Crippen molar-refractivity contribution in [2.24, 2.45) is 0 Å². The fourth-order valence-corrected chi connectivity index (χ4v) is 2.77. The van der Waals surface area contributed by atoms with Crippen LogP contribution in [0, 0.1) is 0 Å². The van der Waals surface area contributed by atoms with Gasteiger partial charge in [-0.1, -0.05) is 41.9 Å². The Kier molecular flexibility index (Phi) is 3.69. The van der Waals surface area contributed by atoms with Gasteiger partial charge in [0.2, 0.25) is 0 Å². The Balaban J connectivity index is 2.23. The molecule has 0 amide bonds. The van der Waals surface area contributed by atoms with Crippen LogP contribution in [-0.2, 0) is 6.54 Å². The Morgan fingerprint density at radius 3 is 2.50 bits per heavy atom. The number of hydrogen-bond donors (Lipinski definition) is 1. The second-order valence-electron chi connectivity index (χ2n) is 4.94. The Bertz CT molecular complexity index is 916. The maximum absolute atomic E-state index is 12.2. The summed E-state index contributed by atoms with van der Waals surface area (Å²) in [6, 6.07) is 15.4. The topological polar surface area (TPSA) is 59.3 Å². The first-order chi connectivity index (χ1) is 10.6. The average Bonchev–Trinajstić information content (AvgIpc) is 2.51. The number of rotatable bonds is 3. The molecular weight excluding hydrogens is 302 g/mol. The van der Waals surface area contributed by atoms with Gasteiger partial charge >= 0.3 is 5.97 Å². The zero-order valence-corrected chi connectivity index (χ0v) is 12.2. The molecule has 1 aromatic heterocycles. The van der Waals surface area contributed by atoms with Crippen LogP contribution < -0.4 is 5.56 Å². The summed E-state index contributed by atoms with van der Waals surface area (Å²) in [6.07, 6.45) is 0. The van der Waals surface area contributed by atoms with Crippen molar-refractivity contribution in [3.05, 3.63) is 81.1 Å². The molecule has 0 unspecified atom stereocenters. The minimum absolute atomic E-state index is 0.0995. The number of hydrogen-bond acceptors (Lipinski definition) is 2. The van der Waals surface area contributed by atoms with Crippen molar-refractivity contribution in [1.82, 2.24) is 4.57 Å². The molecule has 0 fully saturated rings. The van der Waals surface area contributed by atoms with Crippen molar-refractivity contribution in [2.45, 2.75) is 6.54 Å². The molecule has 1 N–H and O–H groups in total. The van der Waals surface area contributed by atoms with Gasteiger partial charge in [-0.05, 0) is 23.8 Å². The third-order valence-electron chi connectivity index (χ3n) is 3.46. The third-order valence-corrected chi connectivity index (χ3v) is 3.75. The molecule has 0 aliphatic carbocycles. The summed E-state index contributed by atoms with van der Waals surface area (Å²) in [5.41, 5.74) is 1.43. The van der Waals surface area contributed by atoms with E-state index in [2.05, 4.69) is 0 Å². The SMILES string of the molecule is O=C(O)c1cc(Cl)c2c(ccc(=O)n2Cc2ccccc2)c1. The van der Waals surface area contributed by atoms with E-state index < -0.39 is 5.97 Å². The van der Waals surface area contributed by atoms with Gasteiger partial charge in [-0.2, -0.15) is 0 Å². The fourth-order valence-electron chi connectivity index (χ4n) is 2.44. The van der Waals surface area contributed by atoms with E-state index >= 15 is 0 Å². The number of benzene rings is 2. The van der Waals surface area contributed by atoms with Gasteiger partial charge in [-0.3, -0.25) is 4.79 Å². The van der Waals surface area contributed by atoms with Gasteiger partial charge in [0, 0.05) is 11.5 Å². The second-order valence-corrected chi connectivity index (χ2v) is 5.35. The number of carboxylic acids is 1. The van der Waals surface area contributed by atoms with Crippen molar-refractivity contribution in [3.8, 4) is 0 Å². The summed E-state index contributed by atoms with van der Waals surface area (Å²) >= 11 is 6.23. The lowest BCUT2D eigenvalue weighted by Gasteiger charge is -2.12. The molecule has 0 aliphatic rings. The largest absolute Gasteiger partial charge is 0.478 e. The van der Waals surface area contributed by atoms with Gasteiger partial charge in [0.15, 0.2) is 0 Å². The highest BCUT2D eigenvalue weighted by atomic mass is 35.5. The summed E-state index contributed by atoms with van der Waals surface area (Å²) in [7, 11) is 0. The lowest BCUT2D eigenvalue weighted by atomic mass is 10.1. The average molecular weight is 314 g/mol. The Morgan fingerprint density at radius 2 is 1.82 bits per heavy atom. The molecule has 4 nitrogen and oxygen atoms in total. The van der Waals surface area contributed by atoms with E-state index in [1.807, 2.05) is 30.3 Å². The van der Waals surface area contributed by atoms with Crippen molar-refractivity contribution >= 4 is 28.5 Å². The Morgan fingerprint density at radius 1 is 1.09 bits per heavy atom. The van der Waals surface area contributed by atoms with Crippen LogP contribution in [0.3, 0.4) is 0 Å². The minimum Gasteiger partial charge on any atom is -0.478 e. The third kappa shape index (κ3) is 2.61. The molecular formula is C17H12ClNO3. The number of carboxylic acid groups (broad SMARTS) is 1. The first-order valence-corrected chi connectivity index (χ1v) is 7.04. The van der Waals surface area contributed by atoms with Crippen LogP contribution in [0.15, 0.2) is 59.4 Å². The standard InChI is InChI=1S/C17H12ClNO3/c18-14-9-13(17(21)22)8-12-6-7-15(20)19(16(12)14)10-11-4-2-1-3-5-11/h1-9H,10H2,(H,21,22). The molecule has 0 saturated carbocycles. The van der Waals surface area contributed by atoms with Crippen LogP contribution in [0.2, 0.25) is 5.02 Å². The van der Waals surface area contributed by atoms with E-state index in [9.17, 15) is 9.59 Å². The molecule has 0 bridgehead atoms. The minimum atomic E-state index is -1.05. The molecule has 3 rings (SSSR count). The van der Waals surface area contributed by atoms with Gasteiger partial charge < -0.3 is 9.67 Å². The summed E-state index contributed by atoms with van der Waals surface area (Å²) in [4.78, 5) is 23.3. The molecule has 110 valence electrons. The van der Waals surface area contributed by atoms with E-state index in [4.69, 9.17) is 16.7 Å². The molecule has 0 aliphatic heterocycles. The van der Waals surface area contributed by atoms with E-state index in [0.717, 1.165) is 5.56 Å². The van der Waals surface area contributed by atoms with E-state index in [1.165, 1.54) is 18.2 Å². The van der Waals surface area contributed by atoms with Crippen LogP contribution in [0.25, 0.3) is 10.9 Å². The first-order valence-electron chi connectivity index (χ1n) is 6.66. The van der Waals surface area contributed by atoms with Gasteiger partial charge in [0.25, 0.3) is 5.56 Å². The molecule has 1 heterocycles. The van der Waals surface area contributed by atoms with Crippen LogP contribution in [-0.4, -0.2) is 15.6 Å². The lowest BCUT2D eigenvalue weighted by molar-refractivity contribution is 0.0697. The zero-order chi connectivity index (χ0) is 15.7. The van der Waals surface area contributed by atoms with E-state index in [1.54, 1.807) is 10.6 Å². The van der Waals surface area contributed by atoms with Gasteiger partial charge in [-0.15, -0.1) is 0 Å². The van der Waals surface area contributed by atoms with E-state index in [-0.39, 0.29) is 16.1 Å². The maximum atomic E-state index is 12.2. The highest BCUT2D eigenvalue weighted by Gasteiger charge is 2.12. The highest BCUT2D eigenvalue weighted by Crippen LogP contribution is 2.25.